The van der Waals surface area contributed by atoms with E-state index in [4.69, 9.17) is 4.52 Å². The van der Waals surface area contributed by atoms with Crippen molar-refractivity contribution in [1.29, 1.82) is 0 Å². The molecule has 1 aliphatic carbocycles. The fourth-order valence-electron chi connectivity index (χ4n) is 3.15. The van der Waals surface area contributed by atoms with Crippen molar-refractivity contribution < 1.29 is 8.91 Å². The van der Waals surface area contributed by atoms with Gasteiger partial charge in [0.2, 0.25) is 11.7 Å². The summed E-state index contributed by atoms with van der Waals surface area (Å²) in [5.41, 5.74) is 1.64. The number of aromatic nitrogens is 2. The lowest BCUT2D eigenvalue weighted by Gasteiger charge is -2.28. The maximum absolute atomic E-state index is 13.2. The molecule has 1 aromatic heterocycles. The topological polar surface area (TPSA) is 51.0 Å². The van der Waals surface area contributed by atoms with E-state index < -0.39 is 0 Å². The van der Waals surface area contributed by atoms with Gasteiger partial charge in [-0.15, -0.1) is 0 Å². The molecule has 1 N–H and O–H groups in total. The Morgan fingerprint density at radius 1 is 1.29 bits per heavy atom. The molecule has 1 aromatic carbocycles. The molecule has 2 aromatic rings. The molecule has 0 aliphatic heterocycles. The van der Waals surface area contributed by atoms with E-state index in [1.807, 2.05) is 14.0 Å². The van der Waals surface area contributed by atoms with Crippen LogP contribution in [-0.2, 0) is 0 Å². The molecule has 1 saturated carbocycles. The maximum Gasteiger partial charge on any atom is 0.231 e. The first-order valence-corrected chi connectivity index (χ1v) is 7.46. The van der Waals surface area contributed by atoms with Gasteiger partial charge in [0.1, 0.15) is 5.82 Å². The van der Waals surface area contributed by atoms with Crippen LogP contribution in [-0.4, -0.2) is 23.2 Å². The van der Waals surface area contributed by atoms with Gasteiger partial charge in [-0.05, 0) is 50.6 Å². The summed E-state index contributed by atoms with van der Waals surface area (Å²) in [5.74, 6) is 1.25. The summed E-state index contributed by atoms with van der Waals surface area (Å²) in [4.78, 5) is 4.55. The molecular formula is C16H20FN3O. The molecule has 1 aliphatic rings. The monoisotopic (exact) mass is 289 g/mol. The second-order valence-electron chi connectivity index (χ2n) is 5.70. The molecule has 3 rings (SSSR count). The Bertz CT molecular complexity index is 626. The van der Waals surface area contributed by atoms with Crippen molar-refractivity contribution in [3.05, 3.63) is 35.5 Å². The first-order chi connectivity index (χ1) is 10.2. The minimum absolute atomic E-state index is 0.248. The zero-order chi connectivity index (χ0) is 14.8. The van der Waals surface area contributed by atoms with Crippen LogP contribution in [0.5, 0.6) is 0 Å². The summed E-state index contributed by atoms with van der Waals surface area (Å²) in [5, 5.41) is 7.43. The lowest BCUT2D eigenvalue weighted by molar-refractivity contribution is 0.270. The molecule has 2 unspecified atom stereocenters. The SMILES string of the molecule is CNC1CCCCC1c1nc(-c2ccc(F)cc2C)no1. The number of hydrogen-bond acceptors (Lipinski definition) is 4. The molecule has 0 saturated heterocycles. The van der Waals surface area contributed by atoms with Crippen molar-refractivity contribution in [1.82, 2.24) is 15.5 Å². The Balaban J connectivity index is 1.89. The van der Waals surface area contributed by atoms with Crippen molar-refractivity contribution in [2.24, 2.45) is 0 Å². The third-order valence-electron chi connectivity index (χ3n) is 4.33. The summed E-state index contributed by atoms with van der Waals surface area (Å²) in [6, 6.07) is 5.01. The lowest BCUT2D eigenvalue weighted by Crippen LogP contribution is -2.34. The van der Waals surface area contributed by atoms with Gasteiger partial charge in [0.15, 0.2) is 0 Å². The normalized spacial score (nSPS) is 22.4. The van der Waals surface area contributed by atoms with E-state index in [0.717, 1.165) is 24.0 Å². The summed E-state index contributed by atoms with van der Waals surface area (Å²) < 4.78 is 18.7. The molecule has 0 amide bonds. The van der Waals surface area contributed by atoms with Gasteiger partial charge in [-0.2, -0.15) is 4.98 Å². The van der Waals surface area contributed by atoms with Crippen molar-refractivity contribution in [2.45, 2.75) is 44.6 Å². The number of nitrogens with one attached hydrogen (secondary N) is 1. The second-order valence-corrected chi connectivity index (χ2v) is 5.70. The number of likely N-dealkylation sites (N-methyl/N-ethyl adjacent to an activating group) is 1. The van der Waals surface area contributed by atoms with E-state index in [2.05, 4.69) is 15.5 Å². The number of halogens is 1. The van der Waals surface area contributed by atoms with E-state index in [0.29, 0.717) is 17.8 Å². The van der Waals surface area contributed by atoms with Crippen LogP contribution in [0.3, 0.4) is 0 Å². The third kappa shape index (κ3) is 2.83. The molecule has 4 nitrogen and oxygen atoms in total. The highest BCUT2D eigenvalue weighted by Crippen LogP contribution is 2.33. The average Bonchev–Trinajstić information content (AvgIpc) is 2.96. The van der Waals surface area contributed by atoms with Crippen LogP contribution in [0.25, 0.3) is 11.4 Å². The Morgan fingerprint density at radius 3 is 2.86 bits per heavy atom. The van der Waals surface area contributed by atoms with Crippen LogP contribution in [0, 0.1) is 12.7 Å². The lowest BCUT2D eigenvalue weighted by atomic mass is 9.84. The van der Waals surface area contributed by atoms with Gasteiger partial charge in [-0.3, -0.25) is 0 Å². The Morgan fingerprint density at radius 2 is 2.10 bits per heavy atom. The van der Waals surface area contributed by atoms with Gasteiger partial charge < -0.3 is 9.84 Å². The fourth-order valence-corrected chi connectivity index (χ4v) is 3.15. The second kappa shape index (κ2) is 5.93. The van der Waals surface area contributed by atoms with Crippen LogP contribution in [0.1, 0.15) is 43.1 Å². The zero-order valence-corrected chi connectivity index (χ0v) is 12.4. The van der Waals surface area contributed by atoms with Gasteiger partial charge in [0.25, 0.3) is 0 Å². The zero-order valence-electron chi connectivity index (χ0n) is 12.4. The van der Waals surface area contributed by atoms with Crippen LogP contribution in [0.15, 0.2) is 22.7 Å². The third-order valence-corrected chi connectivity index (χ3v) is 4.33. The molecule has 21 heavy (non-hydrogen) atoms. The van der Waals surface area contributed by atoms with E-state index >= 15 is 0 Å². The Kier molecular flexibility index (Phi) is 4.01. The van der Waals surface area contributed by atoms with Crippen LogP contribution in [0.2, 0.25) is 0 Å². The molecule has 112 valence electrons. The van der Waals surface area contributed by atoms with Crippen molar-refractivity contribution >= 4 is 0 Å². The molecule has 0 radical (unpaired) electrons. The molecule has 0 bridgehead atoms. The van der Waals surface area contributed by atoms with Crippen LogP contribution in [0.4, 0.5) is 4.39 Å². The summed E-state index contributed by atoms with van der Waals surface area (Å²) in [6.45, 7) is 1.85. The highest BCUT2D eigenvalue weighted by atomic mass is 19.1. The molecule has 1 fully saturated rings. The van der Waals surface area contributed by atoms with Gasteiger partial charge in [-0.1, -0.05) is 18.0 Å². The van der Waals surface area contributed by atoms with Crippen LogP contribution < -0.4 is 5.32 Å². The number of nitrogens with zero attached hydrogens (tertiary/aromatic N) is 2. The van der Waals surface area contributed by atoms with Gasteiger partial charge in [-0.25, -0.2) is 4.39 Å². The first kappa shape index (κ1) is 14.2. The molecule has 5 heteroatoms. The van der Waals surface area contributed by atoms with Gasteiger partial charge in [0, 0.05) is 11.6 Å². The van der Waals surface area contributed by atoms with Gasteiger partial charge in [0.05, 0.1) is 5.92 Å². The predicted molar refractivity (Wildman–Crippen MR) is 78.5 cm³/mol. The standard InChI is InChI=1S/C16H20FN3O/c1-10-9-11(17)7-8-12(10)15-19-16(21-20-15)13-5-3-4-6-14(13)18-2/h7-9,13-14,18H,3-6H2,1-2H3. The number of rotatable bonds is 3. The number of benzene rings is 1. The van der Waals surface area contributed by atoms with E-state index in [1.165, 1.54) is 25.0 Å². The molecular weight excluding hydrogens is 269 g/mol. The first-order valence-electron chi connectivity index (χ1n) is 7.46. The van der Waals surface area contributed by atoms with Crippen molar-refractivity contribution in [3.8, 4) is 11.4 Å². The quantitative estimate of drug-likeness (QED) is 0.940. The summed E-state index contributed by atoms with van der Waals surface area (Å²) >= 11 is 0. The Labute approximate surface area is 123 Å². The fraction of sp³-hybridized carbons (Fsp3) is 0.500. The largest absolute Gasteiger partial charge is 0.339 e. The predicted octanol–water partition coefficient (Wildman–Crippen LogP) is 3.43. The minimum Gasteiger partial charge on any atom is -0.339 e. The van der Waals surface area contributed by atoms with Crippen molar-refractivity contribution in [2.75, 3.05) is 7.05 Å². The van der Waals surface area contributed by atoms with E-state index in [-0.39, 0.29) is 11.7 Å². The van der Waals surface area contributed by atoms with Crippen LogP contribution >= 0.6 is 0 Å². The summed E-state index contributed by atoms with van der Waals surface area (Å²) in [7, 11) is 1.98. The number of aryl methyl sites for hydroxylation is 1. The molecule has 0 spiro atoms. The molecule has 1 heterocycles. The van der Waals surface area contributed by atoms with Gasteiger partial charge >= 0.3 is 0 Å². The van der Waals surface area contributed by atoms with Crippen molar-refractivity contribution in [3.63, 3.8) is 0 Å². The highest BCUT2D eigenvalue weighted by molar-refractivity contribution is 5.59. The Hall–Kier alpha value is -1.75. The van der Waals surface area contributed by atoms with E-state index in [1.54, 1.807) is 6.07 Å². The number of hydrogen-bond donors (Lipinski definition) is 1. The average molecular weight is 289 g/mol. The van der Waals surface area contributed by atoms with E-state index in [9.17, 15) is 4.39 Å². The smallest absolute Gasteiger partial charge is 0.231 e. The minimum atomic E-state index is -0.248. The maximum atomic E-state index is 13.2. The summed E-state index contributed by atoms with van der Waals surface area (Å²) in [6.07, 6.45) is 4.63. The molecule has 2 atom stereocenters. The highest BCUT2D eigenvalue weighted by Gasteiger charge is 2.30.